The van der Waals surface area contributed by atoms with Crippen molar-refractivity contribution >= 4 is 17.9 Å². The van der Waals surface area contributed by atoms with Gasteiger partial charge in [-0.1, -0.05) is 42.5 Å². The number of nitro benzene ring substituents is 1. The minimum Gasteiger partial charge on any atom is -0.444 e. The van der Waals surface area contributed by atoms with Crippen molar-refractivity contribution in [1.82, 2.24) is 9.80 Å². The van der Waals surface area contributed by atoms with Gasteiger partial charge in [0.05, 0.1) is 22.2 Å². The topological polar surface area (TPSA) is 85.2 Å². The SMILES string of the molecule is CC(C)(C)OC(=O)N1CCC2(CC1)CN(Cc1ccccc1)C[C@@H](C=Cc1c(F)cccc1[N+](=O)[O-])O2. The van der Waals surface area contributed by atoms with Gasteiger partial charge < -0.3 is 14.4 Å². The Morgan fingerprint density at radius 2 is 1.89 bits per heavy atom. The molecule has 0 aromatic heterocycles. The second kappa shape index (κ2) is 11.0. The lowest BCUT2D eigenvalue weighted by atomic mass is 9.88. The molecule has 2 saturated heterocycles. The fourth-order valence-corrected chi connectivity index (χ4v) is 4.94. The first-order valence-corrected chi connectivity index (χ1v) is 12.6. The summed E-state index contributed by atoms with van der Waals surface area (Å²) in [6.07, 6.45) is 3.69. The first kappa shape index (κ1) is 26.8. The Bertz CT molecular complexity index is 1140. The summed E-state index contributed by atoms with van der Waals surface area (Å²) < 4.78 is 26.6. The lowest BCUT2D eigenvalue weighted by Gasteiger charge is -2.49. The molecule has 2 aromatic carbocycles. The van der Waals surface area contributed by atoms with E-state index in [1.54, 1.807) is 11.0 Å². The van der Waals surface area contributed by atoms with E-state index in [1.807, 2.05) is 39.0 Å². The van der Waals surface area contributed by atoms with Crippen molar-refractivity contribution in [3.63, 3.8) is 0 Å². The van der Waals surface area contributed by atoms with Crippen molar-refractivity contribution in [2.75, 3.05) is 26.2 Å². The van der Waals surface area contributed by atoms with Gasteiger partial charge in [0.25, 0.3) is 5.69 Å². The number of nitro groups is 1. The standard InChI is InChI=1S/C28H34FN3O5/c1-27(2,3)37-26(33)31-16-14-28(15-17-31)20-30(18-21-8-5-4-6-9-21)19-22(36-28)12-13-23-24(29)10-7-11-25(23)32(34)35/h4-13,22H,14-20H2,1-3H3/t22-/m1/s1. The second-order valence-electron chi connectivity index (χ2n) is 10.8. The van der Waals surface area contributed by atoms with Crippen molar-refractivity contribution in [3.8, 4) is 0 Å². The number of rotatable bonds is 5. The molecule has 8 nitrogen and oxygen atoms in total. The number of nitrogens with zero attached hydrogens (tertiary/aromatic N) is 3. The van der Waals surface area contributed by atoms with Gasteiger partial charge >= 0.3 is 6.09 Å². The number of benzene rings is 2. The van der Waals surface area contributed by atoms with Gasteiger partial charge in [-0.2, -0.15) is 0 Å². The lowest BCUT2D eigenvalue weighted by molar-refractivity contribution is -0.385. The summed E-state index contributed by atoms with van der Waals surface area (Å²) in [5.41, 5.74) is -0.246. The Kier molecular flexibility index (Phi) is 7.94. The lowest BCUT2D eigenvalue weighted by Crippen LogP contribution is -2.59. The van der Waals surface area contributed by atoms with Crippen molar-refractivity contribution in [3.05, 3.63) is 81.7 Å². The first-order chi connectivity index (χ1) is 17.5. The van der Waals surface area contributed by atoms with E-state index in [2.05, 4.69) is 17.0 Å². The van der Waals surface area contributed by atoms with E-state index in [9.17, 15) is 19.3 Å². The minimum atomic E-state index is -0.650. The summed E-state index contributed by atoms with van der Waals surface area (Å²) in [7, 11) is 0. The molecule has 2 heterocycles. The summed E-state index contributed by atoms with van der Waals surface area (Å²) in [5.74, 6) is -0.650. The molecule has 1 amide bonds. The molecule has 4 rings (SSSR count). The number of ether oxygens (including phenoxy) is 2. The normalized spacial score (nSPS) is 20.3. The van der Waals surface area contributed by atoms with Crippen molar-refractivity contribution in [2.24, 2.45) is 0 Å². The molecule has 0 aliphatic carbocycles. The molecule has 9 heteroatoms. The Morgan fingerprint density at radius 3 is 2.54 bits per heavy atom. The number of carbonyl (C=O) groups is 1. The van der Waals surface area contributed by atoms with Crippen LogP contribution in [0.25, 0.3) is 6.08 Å². The van der Waals surface area contributed by atoms with Gasteiger partial charge in [-0.3, -0.25) is 15.0 Å². The van der Waals surface area contributed by atoms with Crippen LogP contribution < -0.4 is 0 Å². The van der Waals surface area contributed by atoms with Crippen LogP contribution in [0.15, 0.2) is 54.6 Å². The third-order valence-electron chi connectivity index (χ3n) is 6.63. The van der Waals surface area contributed by atoms with Crippen molar-refractivity contribution < 1.29 is 23.6 Å². The predicted octanol–water partition coefficient (Wildman–Crippen LogP) is 5.42. The van der Waals surface area contributed by atoms with Crippen LogP contribution in [0.2, 0.25) is 0 Å². The average molecular weight is 512 g/mol. The Morgan fingerprint density at radius 1 is 1.19 bits per heavy atom. The van der Waals surface area contributed by atoms with E-state index >= 15 is 0 Å². The smallest absolute Gasteiger partial charge is 0.410 e. The van der Waals surface area contributed by atoms with Crippen LogP contribution in [0.1, 0.15) is 44.7 Å². The molecule has 2 aliphatic heterocycles. The highest BCUT2D eigenvalue weighted by atomic mass is 19.1. The van der Waals surface area contributed by atoms with Crippen LogP contribution in [0.4, 0.5) is 14.9 Å². The van der Waals surface area contributed by atoms with E-state index in [0.29, 0.717) is 45.6 Å². The zero-order valence-corrected chi connectivity index (χ0v) is 21.6. The van der Waals surface area contributed by atoms with Crippen LogP contribution in [-0.4, -0.2) is 64.3 Å². The van der Waals surface area contributed by atoms with Gasteiger partial charge in [-0.05, 0) is 51.3 Å². The third-order valence-corrected chi connectivity index (χ3v) is 6.63. The Labute approximate surface area is 216 Å². The average Bonchev–Trinajstić information content (AvgIpc) is 2.83. The van der Waals surface area contributed by atoms with Gasteiger partial charge in [0, 0.05) is 38.8 Å². The van der Waals surface area contributed by atoms with Crippen molar-refractivity contribution in [2.45, 2.75) is 57.5 Å². The number of carbonyl (C=O) groups excluding carboxylic acids is 1. The largest absolute Gasteiger partial charge is 0.444 e. The fourth-order valence-electron chi connectivity index (χ4n) is 4.94. The molecular formula is C28H34FN3O5. The molecule has 1 spiro atoms. The molecule has 198 valence electrons. The van der Waals surface area contributed by atoms with Crippen LogP contribution in [0, 0.1) is 15.9 Å². The fraction of sp³-hybridized carbons (Fsp3) is 0.464. The first-order valence-electron chi connectivity index (χ1n) is 12.6. The molecule has 0 saturated carbocycles. The number of morpholine rings is 1. The van der Waals surface area contributed by atoms with Crippen molar-refractivity contribution in [1.29, 1.82) is 0 Å². The van der Waals surface area contributed by atoms with Gasteiger partial charge in [-0.15, -0.1) is 0 Å². The van der Waals surface area contributed by atoms with Gasteiger partial charge in [0.15, 0.2) is 0 Å². The van der Waals surface area contributed by atoms with E-state index < -0.39 is 28.0 Å². The second-order valence-corrected chi connectivity index (χ2v) is 10.8. The van der Waals surface area contributed by atoms with Crippen LogP contribution >= 0.6 is 0 Å². The summed E-state index contributed by atoms with van der Waals surface area (Å²) in [5, 5.41) is 11.4. The molecule has 2 fully saturated rings. The summed E-state index contributed by atoms with van der Waals surface area (Å²) in [6, 6.07) is 13.9. The van der Waals surface area contributed by atoms with Gasteiger partial charge in [0.2, 0.25) is 0 Å². The maximum atomic E-state index is 14.5. The number of piperidine rings is 1. The molecular weight excluding hydrogens is 477 g/mol. The quantitative estimate of drug-likeness (QED) is 0.394. The van der Waals surface area contributed by atoms with E-state index in [-0.39, 0.29) is 17.3 Å². The summed E-state index contributed by atoms with van der Waals surface area (Å²) in [6.45, 7) is 8.51. The van der Waals surface area contributed by atoms with E-state index in [0.717, 1.165) is 0 Å². The molecule has 0 bridgehead atoms. The number of amides is 1. The Hall–Kier alpha value is -3.30. The molecule has 2 aromatic rings. The number of likely N-dealkylation sites (tertiary alicyclic amines) is 1. The zero-order chi connectivity index (χ0) is 26.6. The molecule has 0 N–H and O–H groups in total. The number of hydrogen-bond acceptors (Lipinski definition) is 6. The van der Waals surface area contributed by atoms with Gasteiger partial charge in [-0.25, -0.2) is 9.18 Å². The predicted molar refractivity (Wildman–Crippen MR) is 138 cm³/mol. The van der Waals surface area contributed by atoms with E-state index in [1.165, 1.54) is 29.8 Å². The van der Waals surface area contributed by atoms with Gasteiger partial charge in [0.1, 0.15) is 11.4 Å². The molecule has 0 radical (unpaired) electrons. The highest BCUT2D eigenvalue weighted by molar-refractivity contribution is 5.68. The van der Waals surface area contributed by atoms with Crippen LogP contribution in [0.5, 0.6) is 0 Å². The zero-order valence-electron chi connectivity index (χ0n) is 21.6. The summed E-state index contributed by atoms with van der Waals surface area (Å²) in [4.78, 5) is 27.4. The maximum Gasteiger partial charge on any atom is 0.410 e. The molecule has 1 atom stereocenters. The molecule has 0 unspecified atom stereocenters. The number of halogens is 1. The third kappa shape index (κ3) is 6.93. The Balaban J connectivity index is 1.53. The summed E-state index contributed by atoms with van der Waals surface area (Å²) >= 11 is 0. The van der Waals surface area contributed by atoms with Crippen LogP contribution in [0.3, 0.4) is 0 Å². The minimum absolute atomic E-state index is 0.0647. The van der Waals surface area contributed by atoms with Crippen LogP contribution in [-0.2, 0) is 16.0 Å². The number of hydrogen-bond donors (Lipinski definition) is 0. The molecule has 2 aliphatic rings. The highest BCUT2D eigenvalue weighted by Gasteiger charge is 2.43. The monoisotopic (exact) mass is 511 g/mol. The maximum absolute atomic E-state index is 14.5. The highest BCUT2D eigenvalue weighted by Crippen LogP contribution is 2.34. The van der Waals surface area contributed by atoms with E-state index in [4.69, 9.17) is 9.47 Å². The molecule has 37 heavy (non-hydrogen) atoms.